The molecule has 19 heavy (non-hydrogen) atoms. The number of nitrogens with zero attached hydrogens (tertiary/aromatic N) is 1. The molecule has 0 unspecified atom stereocenters. The summed E-state index contributed by atoms with van der Waals surface area (Å²) in [7, 11) is 0. The number of carbonyl (C=O) groups is 1. The van der Waals surface area contributed by atoms with Gasteiger partial charge in [0.1, 0.15) is 0 Å². The molecule has 1 fully saturated rings. The fourth-order valence-corrected chi connectivity index (χ4v) is 2.49. The molecule has 0 aliphatic carbocycles. The number of rotatable bonds is 3. The van der Waals surface area contributed by atoms with Crippen LogP contribution in [0.5, 0.6) is 0 Å². The lowest BCUT2D eigenvalue weighted by atomic mass is 9.98. The number of hydrogen-bond donors (Lipinski definition) is 1. The summed E-state index contributed by atoms with van der Waals surface area (Å²) >= 11 is 0. The minimum atomic E-state index is 0.163. The van der Waals surface area contributed by atoms with E-state index in [1.54, 1.807) is 0 Å². The van der Waals surface area contributed by atoms with Crippen molar-refractivity contribution in [3.05, 3.63) is 29.8 Å². The number of benzene rings is 1. The third-order valence-electron chi connectivity index (χ3n) is 3.67. The van der Waals surface area contributed by atoms with Gasteiger partial charge >= 0.3 is 0 Å². The molecule has 104 valence electrons. The van der Waals surface area contributed by atoms with Gasteiger partial charge in [-0.05, 0) is 44.7 Å². The maximum absolute atomic E-state index is 12.6. The molecule has 1 aromatic carbocycles. The Morgan fingerprint density at radius 1 is 1.26 bits per heavy atom. The molecule has 1 N–H and O–H groups in total. The quantitative estimate of drug-likeness (QED) is 0.903. The van der Waals surface area contributed by atoms with E-state index in [0.29, 0.717) is 6.04 Å². The van der Waals surface area contributed by atoms with Crippen molar-refractivity contribution < 1.29 is 4.79 Å². The van der Waals surface area contributed by atoms with Crippen LogP contribution in [0.1, 0.15) is 44.0 Å². The Kier molecular flexibility index (Phi) is 4.46. The molecule has 0 saturated carbocycles. The third kappa shape index (κ3) is 3.49. The molecular formula is C16H24N2O. The van der Waals surface area contributed by atoms with E-state index in [9.17, 15) is 4.79 Å². The van der Waals surface area contributed by atoms with Gasteiger partial charge in [0.05, 0.1) is 5.56 Å². The van der Waals surface area contributed by atoms with Crippen molar-refractivity contribution in [1.29, 1.82) is 0 Å². The van der Waals surface area contributed by atoms with Crippen LogP contribution in [-0.2, 0) is 0 Å². The minimum Gasteiger partial charge on any atom is -0.382 e. The first-order valence-corrected chi connectivity index (χ1v) is 7.22. The van der Waals surface area contributed by atoms with E-state index in [1.807, 2.05) is 29.2 Å². The normalized spacial score (nSPS) is 16.7. The summed E-state index contributed by atoms with van der Waals surface area (Å²) in [5.74, 6) is 0.906. The molecule has 1 aliphatic heterocycles. The molecule has 0 spiro atoms. The van der Waals surface area contributed by atoms with Crippen molar-refractivity contribution in [2.45, 2.75) is 39.7 Å². The van der Waals surface area contributed by atoms with Crippen LogP contribution in [0.3, 0.4) is 0 Å². The van der Waals surface area contributed by atoms with Crippen LogP contribution in [0.25, 0.3) is 0 Å². The van der Waals surface area contributed by atoms with E-state index < -0.39 is 0 Å². The molecule has 1 heterocycles. The standard InChI is InChI=1S/C16H24N2O/c1-12(2)17-15-7-5-4-6-14(15)16(19)18-10-8-13(3)9-11-18/h4-7,12-13,17H,8-11H2,1-3H3. The van der Waals surface area contributed by atoms with E-state index in [2.05, 4.69) is 26.1 Å². The number of nitrogens with one attached hydrogen (secondary N) is 1. The number of piperidine rings is 1. The largest absolute Gasteiger partial charge is 0.382 e. The molecule has 0 bridgehead atoms. The number of para-hydroxylation sites is 1. The van der Waals surface area contributed by atoms with Crippen LogP contribution < -0.4 is 5.32 Å². The minimum absolute atomic E-state index is 0.163. The van der Waals surface area contributed by atoms with E-state index in [-0.39, 0.29) is 5.91 Å². The van der Waals surface area contributed by atoms with Gasteiger partial charge in [-0.2, -0.15) is 0 Å². The first-order valence-electron chi connectivity index (χ1n) is 7.22. The second-order valence-electron chi connectivity index (χ2n) is 5.82. The average Bonchev–Trinajstić information content (AvgIpc) is 2.39. The van der Waals surface area contributed by atoms with Crippen molar-refractivity contribution in [2.75, 3.05) is 18.4 Å². The number of hydrogen-bond acceptors (Lipinski definition) is 2. The van der Waals surface area contributed by atoms with Gasteiger partial charge in [-0.3, -0.25) is 4.79 Å². The molecule has 1 amide bonds. The van der Waals surface area contributed by atoms with E-state index >= 15 is 0 Å². The van der Waals surface area contributed by atoms with Crippen molar-refractivity contribution in [3.8, 4) is 0 Å². The number of carbonyl (C=O) groups excluding carboxylic acids is 1. The lowest BCUT2D eigenvalue weighted by Gasteiger charge is -2.31. The predicted octanol–water partition coefficient (Wildman–Crippen LogP) is 3.38. The molecule has 1 saturated heterocycles. The SMILES string of the molecule is CC1CCN(C(=O)c2ccccc2NC(C)C)CC1. The van der Waals surface area contributed by atoms with E-state index in [4.69, 9.17) is 0 Å². The molecule has 3 heteroatoms. The zero-order valence-corrected chi connectivity index (χ0v) is 12.1. The number of likely N-dealkylation sites (tertiary alicyclic amines) is 1. The number of amides is 1. The second kappa shape index (κ2) is 6.09. The number of anilines is 1. The van der Waals surface area contributed by atoms with Crippen LogP contribution in [0, 0.1) is 5.92 Å². The molecular weight excluding hydrogens is 236 g/mol. The van der Waals surface area contributed by atoms with E-state index in [0.717, 1.165) is 43.1 Å². The Morgan fingerprint density at radius 3 is 2.53 bits per heavy atom. The van der Waals surface area contributed by atoms with Gasteiger partial charge in [-0.25, -0.2) is 0 Å². The summed E-state index contributed by atoms with van der Waals surface area (Å²) in [5, 5.41) is 3.35. The summed E-state index contributed by atoms with van der Waals surface area (Å²) in [6.07, 6.45) is 2.23. The highest BCUT2D eigenvalue weighted by atomic mass is 16.2. The third-order valence-corrected chi connectivity index (χ3v) is 3.67. The maximum atomic E-state index is 12.6. The van der Waals surface area contributed by atoms with E-state index in [1.165, 1.54) is 0 Å². The topological polar surface area (TPSA) is 32.3 Å². The summed E-state index contributed by atoms with van der Waals surface area (Å²) in [6.45, 7) is 8.20. The average molecular weight is 260 g/mol. The van der Waals surface area contributed by atoms with Gasteiger partial charge in [-0.15, -0.1) is 0 Å². The fourth-order valence-electron chi connectivity index (χ4n) is 2.49. The van der Waals surface area contributed by atoms with Gasteiger partial charge in [0, 0.05) is 24.8 Å². The first-order chi connectivity index (χ1) is 9.08. The van der Waals surface area contributed by atoms with Crippen LogP contribution in [0.4, 0.5) is 5.69 Å². The van der Waals surface area contributed by atoms with Crippen LogP contribution in [-0.4, -0.2) is 29.9 Å². The smallest absolute Gasteiger partial charge is 0.255 e. The highest BCUT2D eigenvalue weighted by Crippen LogP contribution is 2.22. The van der Waals surface area contributed by atoms with Gasteiger partial charge < -0.3 is 10.2 Å². The fraction of sp³-hybridized carbons (Fsp3) is 0.562. The molecule has 0 atom stereocenters. The Labute approximate surface area is 116 Å². The molecule has 2 rings (SSSR count). The Bertz CT molecular complexity index is 434. The van der Waals surface area contributed by atoms with Crippen LogP contribution in [0.15, 0.2) is 24.3 Å². The van der Waals surface area contributed by atoms with Crippen molar-refractivity contribution in [1.82, 2.24) is 4.90 Å². The van der Waals surface area contributed by atoms with Crippen molar-refractivity contribution in [2.24, 2.45) is 5.92 Å². The summed E-state index contributed by atoms with van der Waals surface area (Å²) in [6, 6.07) is 8.14. The lowest BCUT2D eigenvalue weighted by molar-refractivity contribution is 0.0698. The molecule has 3 nitrogen and oxygen atoms in total. The maximum Gasteiger partial charge on any atom is 0.255 e. The second-order valence-corrected chi connectivity index (χ2v) is 5.82. The first kappa shape index (κ1) is 13.9. The molecule has 0 aromatic heterocycles. The Morgan fingerprint density at radius 2 is 1.89 bits per heavy atom. The zero-order chi connectivity index (χ0) is 13.8. The van der Waals surface area contributed by atoms with Gasteiger partial charge in [0.25, 0.3) is 5.91 Å². The monoisotopic (exact) mass is 260 g/mol. The van der Waals surface area contributed by atoms with Gasteiger partial charge in [0.2, 0.25) is 0 Å². The lowest BCUT2D eigenvalue weighted by Crippen LogP contribution is -2.38. The summed E-state index contributed by atoms with van der Waals surface area (Å²) < 4.78 is 0. The highest BCUT2D eigenvalue weighted by Gasteiger charge is 2.23. The Hall–Kier alpha value is -1.51. The van der Waals surface area contributed by atoms with Gasteiger partial charge in [-0.1, -0.05) is 19.1 Å². The molecule has 1 aromatic rings. The molecule has 1 aliphatic rings. The Balaban J connectivity index is 2.14. The molecule has 0 radical (unpaired) electrons. The van der Waals surface area contributed by atoms with Crippen LogP contribution >= 0.6 is 0 Å². The predicted molar refractivity (Wildman–Crippen MR) is 79.5 cm³/mol. The van der Waals surface area contributed by atoms with Gasteiger partial charge in [0.15, 0.2) is 0 Å². The summed E-state index contributed by atoms with van der Waals surface area (Å²) in [5.41, 5.74) is 1.74. The van der Waals surface area contributed by atoms with Crippen LogP contribution in [0.2, 0.25) is 0 Å². The summed E-state index contributed by atoms with van der Waals surface area (Å²) in [4.78, 5) is 14.6. The van der Waals surface area contributed by atoms with Crippen molar-refractivity contribution >= 4 is 11.6 Å². The zero-order valence-electron chi connectivity index (χ0n) is 12.1. The highest BCUT2D eigenvalue weighted by molar-refractivity contribution is 5.99. The van der Waals surface area contributed by atoms with Crippen molar-refractivity contribution in [3.63, 3.8) is 0 Å².